The van der Waals surface area contributed by atoms with Crippen LogP contribution >= 0.6 is 0 Å². The Kier molecular flexibility index (Phi) is 4.15. The molecule has 1 aromatic carbocycles. The van der Waals surface area contributed by atoms with Crippen molar-refractivity contribution < 1.29 is 9.90 Å². The molecule has 3 atom stereocenters. The van der Waals surface area contributed by atoms with Gasteiger partial charge in [0.2, 0.25) is 5.75 Å². The zero-order valence-electron chi connectivity index (χ0n) is 18.2. The van der Waals surface area contributed by atoms with Crippen LogP contribution in [0.25, 0.3) is 0 Å². The van der Waals surface area contributed by atoms with Gasteiger partial charge in [-0.05, 0) is 62.6 Å². The normalized spacial score (nSPS) is 27.2. The van der Waals surface area contributed by atoms with Gasteiger partial charge in [-0.3, -0.25) is 9.59 Å². The average Bonchev–Trinajstić information content (AvgIpc) is 3.21. The third-order valence-electron chi connectivity index (χ3n) is 7.90. The highest BCUT2D eigenvalue weighted by molar-refractivity contribution is 5.95. The van der Waals surface area contributed by atoms with Crippen molar-refractivity contribution in [2.45, 2.75) is 70.9 Å². The van der Waals surface area contributed by atoms with E-state index in [1.165, 1.54) is 35.1 Å². The van der Waals surface area contributed by atoms with Crippen LogP contribution in [-0.2, 0) is 24.8 Å². The van der Waals surface area contributed by atoms with E-state index in [9.17, 15) is 14.7 Å². The summed E-state index contributed by atoms with van der Waals surface area (Å²) in [5.74, 6) is 0.335. The highest BCUT2D eigenvalue weighted by Crippen LogP contribution is 2.55. The van der Waals surface area contributed by atoms with Gasteiger partial charge in [0.25, 0.3) is 5.91 Å². The number of nitrogens with zero attached hydrogens (tertiary/aromatic N) is 3. The molecular formula is C24H29N3O3. The Balaban J connectivity index is 1.69. The largest absolute Gasteiger partial charge is 0.501 e. The van der Waals surface area contributed by atoms with E-state index in [0.717, 1.165) is 12.8 Å². The van der Waals surface area contributed by atoms with Gasteiger partial charge in [-0.1, -0.05) is 24.1 Å². The zero-order valence-corrected chi connectivity index (χ0v) is 18.2. The molecule has 0 bridgehead atoms. The molecule has 6 heteroatoms. The number of aromatic hydroxyl groups is 1. The summed E-state index contributed by atoms with van der Waals surface area (Å²) in [6.07, 6.45) is 5.14. The van der Waals surface area contributed by atoms with Crippen molar-refractivity contribution in [2.24, 2.45) is 5.92 Å². The van der Waals surface area contributed by atoms with Gasteiger partial charge in [-0.2, -0.15) is 4.98 Å². The van der Waals surface area contributed by atoms with E-state index in [4.69, 9.17) is 0 Å². The van der Waals surface area contributed by atoms with Crippen molar-refractivity contribution in [3.63, 3.8) is 0 Å². The number of likely N-dealkylation sites (N-methyl/N-ethyl adjacent to an activating group) is 1. The number of carbonyl (C=O) groups excluding carboxylic acids is 1. The van der Waals surface area contributed by atoms with Crippen LogP contribution in [0.5, 0.6) is 5.75 Å². The lowest BCUT2D eigenvalue weighted by molar-refractivity contribution is 0.0660. The second kappa shape index (κ2) is 6.43. The lowest BCUT2D eigenvalue weighted by Crippen LogP contribution is -2.47. The number of aryl methyl sites for hydroxylation is 2. The minimum atomic E-state index is -0.697. The first kappa shape index (κ1) is 19.3. The number of carbonyl (C=O) groups is 1. The van der Waals surface area contributed by atoms with E-state index in [-0.39, 0.29) is 23.1 Å². The van der Waals surface area contributed by atoms with Gasteiger partial charge in [0.15, 0.2) is 5.69 Å². The van der Waals surface area contributed by atoms with Gasteiger partial charge >= 0.3 is 5.56 Å². The second-order valence-corrected chi connectivity index (χ2v) is 9.64. The summed E-state index contributed by atoms with van der Waals surface area (Å²) < 4.78 is 1.81. The molecule has 2 heterocycles. The van der Waals surface area contributed by atoms with Crippen molar-refractivity contribution in [1.82, 2.24) is 14.5 Å². The summed E-state index contributed by atoms with van der Waals surface area (Å²) in [6.45, 7) is 6.86. The van der Waals surface area contributed by atoms with Gasteiger partial charge in [-0.15, -0.1) is 0 Å². The van der Waals surface area contributed by atoms with Crippen LogP contribution in [0.2, 0.25) is 0 Å². The van der Waals surface area contributed by atoms with Crippen LogP contribution in [0.15, 0.2) is 16.9 Å². The lowest BCUT2D eigenvalue weighted by atomic mass is 9.73. The lowest BCUT2D eigenvalue weighted by Gasteiger charge is -2.36. The van der Waals surface area contributed by atoms with E-state index in [0.29, 0.717) is 24.7 Å². The van der Waals surface area contributed by atoms with E-state index < -0.39 is 11.3 Å². The predicted octanol–water partition coefficient (Wildman–Crippen LogP) is 2.88. The van der Waals surface area contributed by atoms with Crippen LogP contribution in [0.4, 0.5) is 0 Å². The topological polar surface area (TPSA) is 75.4 Å². The second-order valence-electron chi connectivity index (χ2n) is 9.64. The molecule has 158 valence electrons. The number of amides is 1. The van der Waals surface area contributed by atoms with Crippen LogP contribution < -0.4 is 5.56 Å². The molecule has 1 amide bonds. The van der Waals surface area contributed by atoms with Gasteiger partial charge in [0.05, 0.1) is 0 Å². The molecule has 1 saturated carbocycles. The maximum Gasteiger partial charge on any atom is 0.315 e. The molecule has 0 radical (unpaired) electrons. The molecule has 2 aromatic rings. The van der Waals surface area contributed by atoms with E-state index >= 15 is 0 Å². The Morgan fingerprint density at radius 3 is 2.80 bits per heavy atom. The van der Waals surface area contributed by atoms with E-state index in [1.807, 2.05) is 11.5 Å². The molecular weight excluding hydrogens is 378 g/mol. The molecule has 0 saturated heterocycles. The fourth-order valence-electron chi connectivity index (χ4n) is 6.26. The summed E-state index contributed by atoms with van der Waals surface area (Å²) in [5.41, 5.74) is 4.83. The highest BCUT2D eigenvalue weighted by Gasteiger charge is 2.51. The third-order valence-corrected chi connectivity index (χ3v) is 7.90. The number of fused-ring (bicyclic) bond motifs is 4. The third kappa shape index (κ3) is 2.52. The van der Waals surface area contributed by atoms with Crippen molar-refractivity contribution >= 4 is 5.91 Å². The van der Waals surface area contributed by atoms with Crippen LogP contribution in [0, 0.1) is 19.8 Å². The highest BCUT2D eigenvalue weighted by atomic mass is 16.3. The summed E-state index contributed by atoms with van der Waals surface area (Å²) in [4.78, 5) is 31.3. The molecule has 1 N–H and O–H groups in total. The minimum absolute atomic E-state index is 0.0234. The Labute approximate surface area is 176 Å². The van der Waals surface area contributed by atoms with Gasteiger partial charge in [0, 0.05) is 31.5 Å². The quantitative estimate of drug-likeness (QED) is 0.831. The first-order chi connectivity index (χ1) is 14.2. The monoisotopic (exact) mass is 407 g/mol. The number of benzene rings is 1. The molecule has 30 heavy (non-hydrogen) atoms. The van der Waals surface area contributed by atoms with Crippen LogP contribution in [0.1, 0.15) is 64.8 Å². The summed E-state index contributed by atoms with van der Waals surface area (Å²) >= 11 is 0. The van der Waals surface area contributed by atoms with E-state index in [1.54, 1.807) is 11.9 Å². The first-order valence-electron chi connectivity index (χ1n) is 10.9. The molecule has 3 aliphatic rings. The molecule has 2 aliphatic carbocycles. The first-order valence-corrected chi connectivity index (χ1v) is 10.9. The Hall–Kier alpha value is -2.63. The number of rotatable bonds is 2. The van der Waals surface area contributed by atoms with Crippen molar-refractivity contribution in [3.8, 4) is 5.75 Å². The van der Waals surface area contributed by atoms with Crippen LogP contribution in [-0.4, -0.2) is 38.6 Å². The fraction of sp³-hybridized carbons (Fsp3) is 0.542. The fourth-order valence-corrected chi connectivity index (χ4v) is 6.26. The van der Waals surface area contributed by atoms with Gasteiger partial charge < -0.3 is 14.6 Å². The van der Waals surface area contributed by atoms with Crippen LogP contribution in [0.3, 0.4) is 0 Å². The van der Waals surface area contributed by atoms with Crippen molar-refractivity contribution in [2.75, 3.05) is 7.05 Å². The standard InChI is InChI=1S/C24H29N3O3/c1-13-8-14(2)17-10-16-6-5-7-24(16,18(17)9-13)11-19-25-22(29)21(28)20-23(30)26(4)15(3)12-27(19)20/h8-9,15-16,28H,5-7,10-12H2,1-4H3/t15-,16?,24?/m0/s1. The minimum Gasteiger partial charge on any atom is -0.501 e. The molecule has 1 aliphatic heterocycles. The zero-order chi connectivity index (χ0) is 21.4. The average molecular weight is 408 g/mol. The van der Waals surface area contributed by atoms with Crippen molar-refractivity contribution in [3.05, 3.63) is 56.3 Å². The molecule has 6 nitrogen and oxygen atoms in total. The number of hydrogen-bond acceptors (Lipinski definition) is 4. The molecule has 0 spiro atoms. The summed E-state index contributed by atoms with van der Waals surface area (Å²) in [7, 11) is 1.71. The van der Waals surface area contributed by atoms with Crippen molar-refractivity contribution in [1.29, 1.82) is 0 Å². The SMILES string of the molecule is Cc1cc(C)c2c(c1)C1(Cc3nc(=O)c(O)c4n3C[C@H](C)N(C)C4=O)CCCC1C2. The Bertz CT molecular complexity index is 1140. The molecule has 5 rings (SSSR count). The van der Waals surface area contributed by atoms with Gasteiger partial charge in [0.1, 0.15) is 5.82 Å². The number of hydrogen-bond donors (Lipinski definition) is 1. The maximum absolute atomic E-state index is 12.9. The number of aromatic nitrogens is 2. The Morgan fingerprint density at radius 2 is 2.03 bits per heavy atom. The molecule has 2 unspecified atom stereocenters. The summed E-state index contributed by atoms with van der Waals surface area (Å²) in [5, 5.41) is 10.4. The molecule has 1 fully saturated rings. The van der Waals surface area contributed by atoms with Gasteiger partial charge in [-0.25, -0.2) is 0 Å². The predicted molar refractivity (Wildman–Crippen MR) is 114 cm³/mol. The van der Waals surface area contributed by atoms with E-state index in [2.05, 4.69) is 31.0 Å². The maximum atomic E-state index is 12.9. The molecule has 1 aromatic heterocycles. The summed E-state index contributed by atoms with van der Waals surface area (Å²) in [6, 6.07) is 4.56. The Morgan fingerprint density at radius 1 is 1.27 bits per heavy atom. The smallest absolute Gasteiger partial charge is 0.315 e.